The minimum absolute atomic E-state index is 0.101. The molecule has 1 aliphatic heterocycles. The fourth-order valence-corrected chi connectivity index (χ4v) is 1.74. The Morgan fingerprint density at radius 3 is 2.57 bits per heavy atom. The molecule has 0 aromatic rings. The van der Waals surface area contributed by atoms with Crippen molar-refractivity contribution in [2.24, 2.45) is 5.41 Å². The van der Waals surface area contributed by atoms with Gasteiger partial charge < -0.3 is 4.90 Å². The zero-order chi connectivity index (χ0) is 10.8. The summed E-state index contributed by atoms with van der Waals surface area (Å²) < 4.78 is 0. The maximum absolute atomic E-state index is 12.0. The van der Waals surface area contributed by atoms with Crippen molar-refractivity contribution in [1.82, 2.24) is 4.90 Å². The van der Waals surface area contributed by atoms with Crippen LogP contribution in [0.15, 0.2) is 0 Å². The van der Waals surface area contributed by atoms with E-state index in [-0.39, 0.29) is 17.4 Å². The third kappa shape index (κ3) is 2.25. The molecule has 1 rings (SSSR count). The Balaban J connectivity index is 2.75. The lowest BCUT2D eigenvalue weighted by Gasteiger charge is -2.35. The molecule has 1 unspecified atom stereocenters. The molecule has 0 bridgehead atoms. The minimum Gasteiger partial charge on any atom is -0.326 e. The number of nitriles is 1. The second-order valence-corrected chi connectivity index (χ2v) is 4.89. The molecular weight excluding hydrogens is 176 g/mol. The van der Waals surface area contributed by atoms with Crippen molar-refractivity contribution in [3.63, 3.8) is 0 Å². The van der Waals surface area contributed by atoms with Gasteiger partial charge in [0.2, 0.25) is 5.91 Å². The number of piperidine rings is 1. The molecule has 1 fully saturated rings. The molecule has 0 saturated carbocycles. The third-order valence-electron chi connectivity index (χ3n) is 2.55. The molecule has 0 radical (unpaired) electrons. The Morgan fingerprint density at radius 1 is 1.43 bits per heavy atom. The second-order valence-electron chi connectivity index (χ2n) is 4.89. The predicted octanol–water partition coefficient (Wildman–Crippen LogP) is 1.94. The maximum atomic E-state index is 12.0. The third-order valence-corrected chi connectivity index (χ3v) is 2.55. The summed E-state index contributed by atoms with van der Waals surface area (Å²) in [4.78, 5) is 13.7. The number of nitrogens with zero attached hydrogens (tertiary/aromatic N) is 2. The normalized spacial score (nSPS) is 23.0. The van der Waals surface area contributed by atoms with E-state index in [2.05, 4.69) is 6.07 Å². The number of amides is 1. The van der Waals surface area contributed by atoms with Crippen LogP contribution >= 0.6 is 0 Å². The van der Waals surface area contributed by atoms with Gasteiger partial charge >= 0.3 is 0 Å². The lowest BCUT2D eigenvalue weighted by atomic mass is 9.92. The molecule has 0 spiro atoms. The molecular formula is C11H18N2O. The maximum Gasteiger partial charge on any atom is 0.229 e. The van der Waals surface area contributed by atoms with Crippen LogP contribution in [0.1, 0.15) is 40.0 Å². The number of rotatable bonds is 0. The van der Waals surface area contributed by atoms with Gasteiger partial charge in [0.25, 0.3) is 0 Å². The van der Waals surface area contributed by atoms with E-state index in [1.54, 1.807) is 4.90 Å². The standard InChI is InChI=1S/C11H18N2O/c1-11(2,3)10(14)13-7-5-4-6-9(13)8-12/h9H,4-7H2,1-3H3. The van der Waals surface area contributed by atoms with E-state index in [0.29, 0.717) is 0 Å². The summed E-state index contributed by atoms with van der Waals surface area (Å²) in [6.45, 7) is 6.45. The quantitative estimate of drug-likeness (QED) is 0.591. The second kappa shape index (κ2) is 4.00. The van der Waals surface area contributed by atoms with Crippen molar-refractivity contribution in [1.29, 1.82) is 5.26 Å². The molecule has 1 heterocycles. The van der Waals surface area contributed by atoms with Crippen LogP contribution in [0.25, 0.3) is 0 Å². The van der Waals surface area contributed by atoms with Crippen molar-refractivity contribution in [3.8, 4) is 6.07 Å². The van der Waals surface area contributed by atoms with E-state index in [9.17, 15) is 4.79 Å². The van der Waals surface area contributed by atoms with E-state index in [4.69, 9.17) is 5.26 Å². The summed E-state index contributed by atoms with van der Waals surface area (Å²) in [6, 6.07) is 2.01. The van der Waals surface area contributed by atoms with E-state index < -0.39 is 0 Å². The van der Waals surface area contributed by atoms with Crippen LogP contribution in [0.2, 0.25) is 0 Å². The van der Waals surface area contributed by atoms with Gasteiger partial charge in [-0.05, 0) is 19.3 Å². The average molecular weight is 194 g/mol. The van der Waals surface area contributed by atoms with E-state index >= 15 is 0 Å². The van der Waals surface area contributed by atoms with Crippen LogP contribution in [0.4, 0.5) is 0 Å². The fraction of sp³-hybridized carbons (Fsp3) is 0.818. The number of carbonyl (C=O) groups is 1. The van der Waals surface area contributed by atoms with Gasteiger partial charge in [0.15, 0.2) is 0 Å². The van der Waals surface area contributed by atoms with Gasteiger partial charge in [-0.1, -0.05) is 20.8 Å². The van der Waals surface area contributed by atoms with Gasteiger partial charge in [0.05, 0.1) is 6.07 Å². The molecule has 78 valence electrons. The number of likely N-dealkylation sites (tertiary alicyclic amines) is 1. The highest BCUT2D eigenvalue weighted by Crippen LogP contribution is 2.24. The first-order valence-electron chi connectivity index (χ1n) is 5.17. The van der Waals surface area contributed by atoms with Crippen LogP contribution in [0.3, 0.4) is 0 Å². The smallest absolute Gasteiger partial charge is 0.229 e. The average Bonchev–Trinajstić information content (AvgIpc) is 2.15. The zero-order valence-corrected chi connectivity index (χ0v) is 9.21. The molecule has 0 N–H and O–H groups in total. The highest BCUT2D eigenvalue weighted by atomic mass is 16.2. The zero-order valence-electron chi connectivity index (χ0n) is 9.21. The first-order valence-corrected chi connectivity index (χ1v) is 5.17. The van der Waals surface area contributed by atoms with Crippen LogP contribution in [0, 0.1) is 16.7 Å². The molecule has 0 aromatic carbocycles. The largest absolute Gasteiger partial charge is 0.326 e. The summed E-state index contributed by atoms with van der Waals surface area (Å²) in [5.74, 6) is 0.101. The lowest BCUT2D eigenvalue weighted by Crippen LogP contribution is -2.47. The molecule has 14 heavy (non-hydrogen) atoms. The van der Waals surface area contributed by atoms with Gasteiger partial charge in [-0.3, -0.25) is 4.79 Å². The summed E-state index contributed by atoms with van der Waals surface area (Å²) >= 11 is 0. The van der Waals surface area contributed by atoms with Crippen LogP contribution in [-0.2, 0) is 4.79 Å². The molecule has 1 aliphatic rings. The van der Waals surface area contributed by atoms with Crippen LogP contribution < -0.4 is 0 Å². The van der Waals surface area contributed by atoms with Gasteiger partial charge in [0, 0.05) is 12.0 Å². The van der Waals surface area contributed by atoms with Gasteiger partial charge in [-0.2, -0.15) is 5.26 Å². The van der Waals surface area contributed by atoms with Crippen molar-refractivity contribution in [2.45, 2.75) is 46.1 Å². The molecule has 3 heteroatoms. The summed E-state index contributed by atoms with van der Waals surface area (Å²) in [5, 5.41) is 8.93. The number of carbonyl (C=O) groups excluding carboxylic acids is 1. The van der Waals surface area contributed by atoms with E-state index in [0.717, 1.165) is 25.8 Å². The Bertz CT molecular complexity index is 259. The van der Waals surface area contributed by atoms with Gasteiger partial charge in [-0.25, -0.2) is 0 Å². The topological polar surface area (TPSA) is 44.1 Å². The summed E-state index contributed by atoms with van der Waals surface area (Å²) in [5.41, 5.74) is -0.369. The highest BCUT2D eigenvalue weighted by Gasteiger charge is 2.33. The Morgan fingerprint density at radius 2 is 2.07 bits per heavy atom. The van der Waals surface area contributed by atoms with Crippen molar-refractivity contribution in [2.75, 3.05) is 6.54 Å². The van der Waals surface area contributed by atoms with Crippen LogP contribution in [0.5, 0.6) is 0 Å². The summed E-state index contributed by atoms with van der Waals surface area (Å²) in [6.07, 6.45) is 2.92. The number of hydrogen-bond donors (Lipinski definition) is 0. The Kier molecular flexibility index (Phi) is 3.15. The van der Waals surface area contributed by atoms with Gasteiger partial charge in [-0.15, -0.1) is 0 Å². The highest BCUT2D eigenvalue weighted by molar-refractivity contribution is 5.82. The monoisotopic (exact) mass is 194 g/mol. The Labute approximate surface area is 85.7 Å². The van der Waals surface area contributed by atoms with Gasteiger partial charge in [0.1, 0.15) is 6.04 Å². The lowest BCUT2D eigenvalue weighted by molar-refractivity contribution is -0.141. The van der Waals surface area contributed by atoms with E-state index in [1.807, 2.05) is 20.8 Å². The first kappa shape index (κ1) is 11.0. The van der Waals surface area contributed by atoms with Crippen molar-refractivity contribution in [3.05, 3.63) is 0 Å². The van der Waals surface area contributed by atoms with Crippen LogP contribution in [-0.4, -0.2) is 23.4 Å². The Hall–Kier alpha value is -1.04. The fourth-order valence-electron chi connectivity index (χ4n) is 1.74. The van der Waals surface area contributed by atoms with Crippen molar-refractivity contribution >= 4 is 5.91 Å². The first-order chi connectivity index (χ1) is 6.46. The minimum atomic E-state index is -0.369. The SMILES string of the molecule is CC(C)(C)C(=O)N1CCCCC1C#N. The van der Waals surface area contributed by atoms with E-state index in [1.165, 1.54) is 0 Å². The number of hydrogen-bond acceptors (Lipinski definition) is 2. The van der Waals surface area contributed by atoms with Crippen molar-refractivity contribution < 1.29 is 4.79 Å². The molecule has 0 aliphatic carbocycles. The molecule has 1 saturated heterocycles. The summed E-state index contributed by atoms with van der Waals surface area (Å²) in [7, 11) is 0. The molecule has 1 amide bonds. The molecule has 3 nitrogen and oxygen atoms in total. The molecule has 1 atom stereocenters. The predicted molar refractivity (Wildman–Crippen MR) is 54.4 cm³/mol. The molecule has 0 aromatic heterocycles.